The minimum Gasteiger partial charge on any atom is -0.489 e. The van der Waals surface area contributed by atoms with Gasteiger partial charge in [-0.3, -0.25) is 0 Å². The zero-order valence-electron chi connectivity index (χ0n) is 18.2. The molecule has 0 saturated carbocycles. The Morgan fingerprint density at radius 1 is 1.28 bits per heavy atom. The Morgan fingerprint density at radius 3 is 2.59 bits per heavy atom. The van der Waals surface area contributed by atoms with E-state index in [0.717, 1.165) is 0 Å². The standard InChI is InChI=1S/C20H27N5O6S/c1-4-11-32(28,29)16-6-5-15(13(2)23-16)24-18-17(30-3)19(22-12-21-18)31-14-7-9-25(10-8-14)20(26)27/h5-6,12,14H,4,7-11H2,1-3H3,(H,26,27)(H,21,22,24). The normalized spacial score (nSPS) is 14.8. The van der Waals surface area contributed by atoms with Crippen molar-refractivity contribution in [1.82, 2.24) is 19.9 Å². The maximum absolute atomic E-state index is 12.3. The van der Waals surface area contributed by atoms with Crippen LogP contribution in [-0.2, 0) is 9.84 Å². The SMILES string of the molecule is CCCS(=O)(=O)c1ccc(Nc2ncnc(OC3CCN(C(=O)O)CC3)c2OC)c(C)n1. The van der Waals surface area contributed by atoms with E-state index in [1.807, 2.05) is 0 Å². The number of pyridine rings is 1. The summed E-state index contributed by atoms with van der Waals surface area (Å²) in [5.41, 5.74) is 1.06. The van der Waals surface area contributed by atoms with Crippen LogP contribution in [0, 0.1) is 6.92 Å². The Hall–Kier alpha value is -3.15. The maximum Gasteiger partial charge on any atom is 0.407 e. The summed E-state index contributed by atoms with van der Waals surface area (Å²) in [6.07, 6.45) is 1.79. The molecule has 2 N–H and O–H groups in total. The summed E-state index contributed by atoms with van der Waals surface area (Å²) >= 11 is 0. The van der Waals surface area contributed by atoms with Crippen LogP contribution in [-0.4, -0.2) is 71.5 Å². The number of methoxy groups -OCH3 is 1. The van der Waals surface area contributed by atoms with Crippen LogP contribution in [0.3, 0.4) is 0 Å². The number of rotatable bonds is 8. The summed E-state index contributed by atoms with van der Waals surface area (Å²) in [4.78, 5) is 25.0. The number of hydrogen-bond acceptors (Lipinski definition) is 9. The molecule has 1 amide bonds. The van der Waals surface area contributed by atoms with E-state index in [0.29, 0.717) is 49.6 Å². The van der Waals surface area contributed by atoms with E-state index < -0.39 is 15.9 Å². The van der Waals surface area contributed by atoms with Gasteiger partial charge in [0.1, 0.15) is 12.4 Å². The monoisotopic (exact) mass is 465 g/mol. The predicted octanol–water partition coefficient (Wildman–Crippen LogP) is 2.64. The molecule has 3 rings (SSSR count). The van der Waals surface area contributed by atoms with Gasteiger partial charge in [-0.1, -0.05) is 6.92 Å². The first-order valence-electron chi connectivity index (χ1n) is 10.3. The van der Waals surface area contributed by atoms with Gasteiger partial charge < -0.3 is 24.8 Å². The quantitative estimate of drug-likeness (QED) is 0.597. The molecule has 0 atom stereocenters. The molecule has 0 spiro atoms. The number of likely N-dealkylation sites (tertiary alicyclic amines) is 1. The number of piperidine rings is 1. The van der Waals surface area contributed by atoms with Crippen molar-refractivity contribution in [2.45, 2.75) is 44.2 Å². The second-order valence-corrected chi connectivity index (χ2v) is 9.43. The van der Waals surface area contributed by atoms with Crippen molar-refractivity contribution in [3.05, 3.63) is 24.2 Å². The fraction of sp³-hybridized carbons (Fsp3) is 0.500. The number of aryl methyl sites for hydroxylation is 1. The lowest BCUT2D eigenvalue weighted by Gasteiger charge is -2.30. The molecular weight excluding hydrogens is 438 g/mol. The van der Waals surface area contributed by atoms with Crippen LogP contribution in [0.1, 0.15) is 31.9 Å². The number of carboxylic acid groups (broad SMARTS) is 1. The number of nitrogens with one attached hydrogen (secondary N) is 1. The average Bonchev–Trinajstić information content (AvgIpc) is 2.75. The van der Waals surface area contributed by atoms with Gasteiger partial charge >= 0.3 is 6.09 Å². The van der Waals surface area contributed by atoms with E-state index in [1.165, 1.54) is 24.4 Å². The van der Waals surface area contributed by atoms with Gasteiger partial charge in [0.2, 0.25) is 5.75 Å². The van der Waals surface area contributed by atoms with Crippen molar-refractivity contribution in [3.8, 4) is 11.6 Å². The third kappa shape index (κ3) is 5.36. The molecule has 0 aromatic carbocycles. The second kappa shape index (κ2) is 9.98. The van der Waals surface area contributed by atoms with Crippen molar-refractivity contribution in [3.63, 3.8) is 0 Å². The molecule has 3 heterocycles. The third-order valence-electron chi connectivity index (χ3n) is 5.07. The van der Waals surface area contributed by atoms with E-state index in [9.17, 15) is 13.2 Å². The molecule has 0 aliphatic carbocycles. The largest absolute Gasteiger partial charge is 0.489 e. The number of carbonyl (C=O) groups is 1. The molecule has 1 aliphatic heterocycles. The summed E-state index contributed by atoms with van der Waals surface area (Å²) < 4.78 is 36.0. The zero-order chi connectivity index (χ0) is 23.3. The molecule has 1 fully saturated rings. The molecule has 2 aromatic rings. The Bertz CT molecular complexity index is 1070. The molecule has 0 bridgehead atoms. The molecule has 32 heavy (non-hydrogen) atoms. The number of nitrogens with zero attached hydrogens (tertiary/aromatic N) is 4. The summed E-state index contributed by atoms with van der Waals surface area (Å²) in [5, 5.41) is 12.2. The number of sulfone groups is 1. The summed E-state index contributed by atoms with van der Waals surface area (Å²) in [6.45, 7) is 4.28. The lowest BCUT2D eigenvalue weighted by molar-refractivity contribution is 0.0852. The van der Waals surface area contributed by atoms with Gasteiger partial charge in [0.25, 0.3) is 5.88 Å². The van der Waals surface area contributed by atoms with Gasteiger partial charge in [-0.15, -0.1) is 0 Å². The van der Waals surface area contributed by atoms with E-state index >= 15 is 0 Å². The van der Waals surface area contributed by atoms with E-state index in [1.54, 1.807) is 19.9 Å². The molecule has 0 unspecified atom stereocenters. The highest BCUT2D eigenvalue weighted by Crippen LogP contribution is 2.35. The Morgan fingerprint density at radius 2 is 2.00 bits per heavy atom. The van der Waals surface area contributed by atoms with Crippen LogP contribution in [0.25, 0.3) is 0 Å². The smallest absolute Gasteiger partial charge is 0.407 e. The van der Waals surface area contributed by atoms with Crippen molar-refractivity contribution in [2.24, 2.45) is 0 Å². The Kier molecular flexibility index (Phi) is 7.33. The third-order valence-corrected chi connectivity index (χ3v) is 6.88. The highest BCUT2D eigenvalue weighted by Gasteiger charge is 2.26. The fourth-order valence-electron chi connectivity index (χ4n) is 3.38. The Labute approximate surface area is 186 Å². The maximum atomic E-state index is 12.3. The van der Waals surface area contributed by atoms with Gasteiger partial charge in [0.15, 0.2) is 20.7 Å². The lowest BCUT2D eigenvalue weighted by atomic mass is 10.1. The number of amides is 1. The highest BCUT2D eigenvalue weighted by atomic mass is 32.2. The molecular formula is C20H27N5O6S. The van der Waals surface area contributed by atoms with E-state index in [2.05, 4.69) is 20.3 Å². The highest BCUT2D eigenvalue weighted by molar-refractivity contribution is 7.91. The van der Waals surface area contributed by atoms with Crippen molar-refractivity contribution in [1.29, 1.82) is 0 Å². The van der Waals surface area contributed by atoms with Gasteiger partial charge in [0, 0.05) is 25.9 Å². The molecule has 174 valence electrons. The summed E-state index contributed by atoms with van der Waals surface area (Å²) in [7, 11) is -1.95. The van der Waals surface area contributed by atoms with Crippen LogP contribution >= 0.6 is 0 Å². The van der Waals surface area contributed by atoms with Gasteiger partial charge in [-0.2, -0.15) is 4.98 Å². The van der Waals surface area contributed by atoms with Gasteiger partial charge in [-0.25, -0.2) is 23.2 Å². The van der Waals surface area contributed by atoms with E-state index in [4.69, 9.17) is 14.6 Å². The molecule has 11 nitrogen and oxygen atoms in total. The van der Waals surface area contributed by atoms with Crippen LogP contribution in [0.4, 0.5) is 16.3 Å². The van der Waals surface area contributed by atoms with Crippen LogP contribution in [0.2, 0.25) is 0 Å². The Balaban J connectivity index is 1.77. The number of ether oxygens (including phenoxy) is 2. The van der Waals surface area contributed by atoms with Crippen LogP contribution < -0.4 is 14.8 Å². The summed E-state index contributed by atoms with van der Waals surface area (Å²) in [6, 6.07) is 3.09. The predicted molar refractivity (Wildman–Crippen MR) is 116 cm³/mol. The topological polar surface area (TPSA) is 144 Å². The van der Waals surface area contributed by atoms with Crippen molar-refractivity contribution in [2.75, 3.05) is 31.3 Å². The van der Waals surface area contributed by atoms with Crippen LogP contribution in [0.5, 0.6) is 11.6 Å². The second-order valence-electron chi connectivity index (χ2n) is 7.37. The number of hydrogen-bond donors (Lipinski definition) is 2. The zero-order valence-corrected chi connectivity index (χ0v) is 19.1. The molecule has 1 aliphatic rings. The first-order valence-corrected chi connectivity index (χ1v) is 11.9. The minimum absolute atomic E-state index is 0.0359. The summed E-state index contributed by atoms with van der Waals surface area (Å²) in [5.74, 6) is 0.911. The number of aromatic nitrogens is 3. The van der Waals surface area contributed by atoms with Gasteiger partial charge in [0.05, 0.1) is 24.2 Å². The fourth-order valence-corrected chi connectivity index (χ4v) is 4.68. The molecule has 12 heteroatoms. The molecule has 0 radical (unpaired) electrons. The van der Waals surface area contributed by atoms with E-state index in [-0.39, 0.29) is 28.5 Å². The molecule has 1 saturated heterocycles. The number of anilines is 2. The first kappa shape index (κ1) is 23.5. The van der Waals surface area contributed by atoms with Crippen molar-refractivity contribution >= 4 is 27.4 Å². The average molecular weight is 466 g/mol. The molecule has 2 aromatic heterocycles. The lowest BCUT2D eigenvalue weighted by Crippen LogP contribution is -2.41. The minimum atomic E-state index is -3.42. The van der Waals surface area contributed by atoms with Gasteiger partial charge in [-0.05, 0) is 25.5 Å². The van der Waals surface area contributed by atoms with Crippen LogP contribution in [0.15, 0.2) is 23.5 Å². The van der Waals surface area contributed by atoms with Crippen molar-refractivity contribution < 1.29 is 27.8 Å². The first-order chi connectivity index (χ1) is 15.2.